The van der Waals surface area contributed by atoms with Crippen molar-refractivity contribution in [3.63, 3.8) is 0 Å². The van der Waals surface area contributed by atoms with Gasteiger partial charge in [0.05, 0.1) is 5.69 Å². The van der Waals surface area contributed by atoms with Gasteiger partial charge in [-0.1, -0.05) is 6.92 Å². The summed E-state index contributed by atoms with van der Waals surface area (Å²) in [5, 5.41) is 4.16. The third kappa shape index (κ3) is 1.32. The maximum Gasteiger partial charge on any atom is 0.180 e. The average Bonchev–Trinajstić information content (AvgIpc) is 2.43. The maximum atomic E-state index is 5.62. The Morgan fingerprint density at radius 2 is 2.58 bits per heavy atom. The molecule has 0 bridgehead atoms. The second-order valence-corrected chi connectivity index (χ2v) is 4.23. The summed E-state index contributed by atoms with van der Waals surface area (Å²) < 4.78 is 0. The van der Waals surface area contributed by atoms with Crippen molar-refractivity contribution in [2.24, 2.45) is 0 Å². The van der Waals surface area contributed by atoms with E-state index < -0.39 is 0 Å². The molecule has 12 heavy (non-hydrogen) atoms. The Morgan fingerprint density at radius 3 is 3.33 bits per heavy atom. The van der Waals surface area contributed by atoms with Crippen molar-refractivity contribution in [2.45, 2.75) is 32.4 Å². The van der Waals surface area contributed by atoms with Crippen LogP contribution < -0.4 is 11.1 Å². The molecular weight excluding hydrogens is 170 g/mol. The first-order chi connectivity index (χ1) is 5.79. The van der Waals surface area contributed by atoms with E-state index in [1.54, 1.807) is 11.3 Å². The predicted molar refractivity (Wildman–Crippen MR) is 51.1 cm³/mol. The van der Waals surface area contributed by atoms with Gasteiger partial charge in [-0.3, -0.25) is 0 Å². The van der Waals surface area contributed by atoms with E-state index in [-0.39, 0.29) is 0 Å². The third-order valence-electron chi connectivity index (χ3n) is 2.28. The summed E-state index contributed by atoms with van der Waals surface area (Å²) in [4.78, 5) is 5.62. The number of rotatable bonds is 1. The molecule has 3 nitrogen and oxygen atoms in total. The summed E-state index contributed by atoms with van der Waals surface area (Å²) in [6.07, 6.45) is 2.20. The molecule has 66 valence electrons. The van der Waals surface area contributed by atoms with E-state index in [1.807, 2.05) is 0 Å². The quantitative estimate of drug-likeness (QED) is 0.686. The van der Waals surface area contributed by atoms with Gasteiger partial charge in [-0.2, -0.15) is 0 Å². The summed E-state index contributed by atoms with van der Waals surface area (Å²) in [7, 11) is 0. The van der Waals surface area contributed by atoms with Crippen LogP contribution in [0.5, 0.6) is 0 Å². The number of thiazole rings is 1. The van der Waals surface area contributed by atoms with E-state index in [2.05, 4.69) is 17.2 Å². The lowest BCUT2D eigenvalue weighted by molar-refractivity contribution is 0.467. The van der Waals surface area contributed by atoms with Gasteiger partial charge in [0, 0.05) is 23.9 Å². The van der Waals surface area contributed by atoms with Gasteiger partial charge >= 0.3 is 0 Å². The number of fused-ring (bicyclic) bond motifs is 1. The lowest BCUT2D eigenvalue weighted by Gasteiger charge is -2.20. The Hall–Kier alpha value is -0.610. The highest BCUT2D eigenvalue weighted by atomic mass is 32.1. The van der Waals surface area contributed by atoms with E-state index in [0.29, 0.717) is 11.2 Å². The fourth-order valence-electron chi connectivity index (χ4n) is 1.53. The molecule has 0 radical (unpaired) electrons. The first-order valence-electron chi connectivity index (χ1n) is 4.27. The first-order valence-corrected chi connectivity index (χ1v) is 5.08. The molecule has 1 aliphatic rings. The predicted octanol–water partition coefficient (Wildman–Crippen LogP) is 1.15. The van der Waals surface area contributed by atoms with Crippen LogP contribution in [0.1, 0.15) is 23.9 Å². The van der Waals surface area contributed by atoms with E-state index in [9.17, 15) is 0 Å². The van der Waals surface area contributed by atoms with Gasteiger partial charge < -0.3 is 11.1 Å². The molecule has 0 spiro atoms. The highest BCUT2D eigenvalue weighted by molar-refractivity contribution is 7.15. The van der Waals surface area contributed by atoms with Crippen molar-refractivity contribution in [1.29, 1.82) is 0 Å². The molecule has 3 N–H and O–H groups in total. The number of nitrogens with zero attached hydrogens (tertiary/aromatic N) is 1. The monoisotopic (exact) mass is 183 g/mol. The summed E-state index contributed by atoms with van der Waals surface area (Å²) in [5.41, 5.74) is 6.84. The molecule has 0 saturated heterocycles. The molecule has 2 rings (SSSR count). The topological polar surface area (TPSA) is 50.9 Å². The minimum Gasteiger partial charge on any atom is -0.375 e. The van der Waals surface area contributed by atoms with E-state index in [0.717, 1.165) is 19.4 Å². The van der Waals surface area contributed by atoms with E-state index in [1.165, 1.54) is 10.6 Å². The van der Waals surface area contributed by atoms with Crippen molar-refractivity contribution in [1.82, 2.24) is 10.3 Å². The molecule has 2 heterocycles. The minimum atomic E-state index is 0.596. The number of hydrogen-bond acceptors (Lipinski definition) is 4. The SMILES string of the molecule is CC[C@H]1Cc2nc(N)sc2CN1. The number of anilines is 1. The molecule has 1 aromatic rings. The number of hydrogen-bond donors (Lipinski definition) is 2. The van der Waals surface area contributed by atoms with Crippen LogP contribution in [0.4, 0.5) is 5.13 Å². The zero-order valence-corrected chi connectivity index (χ0v) is 7.95. The second-order valence-electron chi connectivity index (χ2n) is 3.11. The lowest BCUT2D eigenvalue weighted by Crippen LogP contribution is -2.34. The lowest BCUT2D eigenvalue weighted by atomic mass is 10.0. The smallest absolute Gasteiger partial charge is 0.180 e. The largest absolute Gasteiger partial charge is 0.375 e. The van der Waals surface area contributed by atoms with Crippen LogP contribution in [0.25, 0.3) is 0 Å². The van der Waals surface area contributed by atoms with Gasteiger partial charge in [0.15, 0.2) is 5.13 Å². The zero-order chi connectivity index (χ0) is 8.55. The number of nitrogen functional groups attached to an aromatic ring is 1. The number of nitrogens with one attached hydrogen (secondary N) is 1. The average molecular weight is 183 g/mol. The van der Waals surface area contributed by atoms with E-state index >= 15 is 0 Å². The Kier molecular flexibility index (Phi) is 2.02. The molecule has 1 atom stereocenters. The number of aromatic nitrogens is 1. The molecule has 0 aromatic carbocycles. The normalized spacial score (nSPS) is 22.2. The van der Waals surface area contributed by atoms with Gasteiger partial charge in [-0.15, -0.1) is 11.3 Å². The molecule has 4 heteroatoms. The molecular formula is C8H13N3S. The summed E-state index contributed by atoms with van der Waals surface area (Å²) >= 11 is 1.61. The second kappa shape index (κ2) is 3.03. The van der Waals surface area contributed by atoms with Crippen molar-refractivity contribution < 1.29 is 0 Å². The Labute approximate surface area is 76.0 Å². The van der Waals surface area contributed by atoms with Crippen LogP contribution in [0.2, 0.25) is 0 Å². The van der Waals surface area contributed by atoms with Crippen LogP contribution in [0, 0.1) is 0 Å². The molecule has 0 fully saturated rings. The van der Waals surface area contributed by atoms with Gasteiger partial charge in [-0.25, -0.2) is 4.98 Å². The Bertz CT molecular complexity index is 282. The van der Waals surface area contributed by atoms with Crippen LogP contribution in [0.3, 0.4) is 0 Å². The van der Waals surface area contributed by atoms with Crippen molar-refractivity contribution in [3.05, 3.63) is 10.6 Å². The highest BCUT2D eigenvalue weighted by Gasteiger charge is 2.19. The fraction of sp³-hybridized carbons (Fsp3) is 0.625. The van der Waals surface area contributed by atoms with Crippen LogP contribution in [-0.4, -0.2) is 11.0 Å². The minimum absolute atomic E-state index is 0.596. The number of nitrogens with two attached hydrogens (primary N) is 1. The summed E-state index contributed by atoms with van der Waals surface area (Å²) in [6, 6.07) is 0.596. The fourth-order valence-corrected chi connectivity index (χ4v) is 2.34. The molecule has 1 aliphatic heterocycles. The Balaban J connectivity index is 2.22. The summed E-state index contributed by atoms with van der Waals surface area (Å²) in [6.45, 7) is 3.14. The van der Waals surface area contributed by atoms with Gasteiger partial charge in [0.25, 0.3) is 0 Å². The standard InChI is InChI=1S/C8H13N3S/c1-2-5-3-6-7(4-10-5)12-8(9)11-6/h5,10H,2-4H2,1H3,(H2,9,11)/t5-/m0/s1. The van der Waals surface area contributed by atoms with E-state index in [4.69, 9.17) is 5.73 Å². The summed E-state index contributed by atoms with van der Waals surface area (Å²) in [5.74, 6) is 0. The van der Waals surface area contributed by atoms with Crippen molar-refractivity contribution in [2.75, 3.05) is 5.73 Å². The Morgan fingerprint density at radius 1 is 1.75 bits per heavy atom. The van der Waals surface area contributed by atoms with Crippen molar-refractivity contribution in [3.8, 4) is 0 Å². The van der Waals surface area contributed by atoms with Gasteiger partial charge in [0.1, 0.15) is 0 Å². The third-order valence-corrected chi connectivity index (χ3v) is 3.21. The molecule has 0 unspecified atom stereocenters. The van der Waals surface area contributed by atoms with Crippen LogP contribution >= 0.6 is 11.3 Å². The maximum absolute atomic E-state index is 5.62. The van der Waals surface area contributed by atoms with Crippen LogP contribution in [-0.2, 0) is 13.0 Å². The van der Waals surface area contributed by atoms with Crippen molar-refractivity contribution >= 4 is 16.5 Å². The highest BCUT2D eigenvalue weighted by Crippen LogP contribution is 2.25. The zero-order valence-electron chi connectivity index (χ0n) is 7.13. The first kappa shape index (κ1) is 8.01. The van der Waals surface area contributed by atoms with Gasteiger partial charge in [0.2, 0.25) is 0 Å². The molecule has 0 aliphatic carbocycles. The molecule has 0 saturated carbocycles. The molecule has 1 aromatic heterocycles. The van der Waals surface area contributed by atoms with Gasteiger partial charge in [-0.05, 0) is 6.42 Å². The van der Waals surface area contributed by atoms with Crippen LogP contribution in [0.15, 0.2) is 0 Å². The molecule has 0 amide bonds.